The average Bonchev–Trinajstić information content (AvgIpc) is 3.17. The van der Waals surface area contributed by atoms with E-state index in [1.54, 1.807) is 0 Å². The van der Waals surface area contributed by atoms with Gasteiger partial charge in [-0.15, -0.1) is 0 Å². The van der Waals surface area contributed by atoms with Gasteiger partial charge in [0, 0.05) is 16.5 Å². The molecule has 0 saturated heterocycles. The van der Waals surface area contributed by atoms with Crippen LogP contribution in [0.4, 0.5) is 0 Å². The Kier molecular flexibility index (Phi) is 5.40. The first-order chi connectivity index (χ1) is 16.5. The van der Waals surface area contributed by atoms with Gasteiger partial charge in [-0.3, -0.25) is 0 Å². The van der Waals surface area contributed by atoms with Crippen molar-refractivity contribution in [2.75, 3.05) is 0 Å². The van der Waals surface area contributed by atoms with E-state index >= 15 is 0 Å². The number of nitrogens with zero attached hydrogens (tertiary/aromatic N) is 3. The van der Waals surface area contributed by atoms with E-state index in [-0.39, 0.29) is 11.0 Å². The Morgan fingerprint density at radius 3 is 1.97 bits per heavy atom. The van der Waals surface area contributed by atoms with Gasteiger partial charge in [0.1, 0.15) is 17.7 Å². The van der Waals surface area contributed by atoms with Gasteiger partial charge < -0.3 is 4.57 Å². The minimum absolute atomic E-state index is 0.0170. The third-order valence-corrected chi connectivity index (χ3v) is 6.48. The summed E-state index contributed by atoms with van der Waals surface area (Å²) >= 11 is 0. The molecule has 1 aromatic heterocycles. The molecule has 3 aromatic carbocycles. The monoisotopic (exact) mass is 439 g/mol. The van der Waals surface area contributed by atoms with Gasteiger partial charge in [-0.1, -0.05) is 80.6 Å². The summed E-state index contributed by atoms with van der Waals surface area (Å²) in [5.74, 6) is 0. The molecule has 3 nitrogen and oxygen atoms in total. The lowest BCUT2D eigenvalue weighted by molar-refractivity contribution is 0.354. The summed E-state index contributed by atoms with van der Waals surface area (Å²) in [4.78, 5) is 0. The fourth-order valence-corrected chi connectivity index (χ4v) is 5.03. The minimum Gasteiger partial charge on any atom is -0.309 e. The Hall–Kier alpha value is -4.34. The van der Waals surface area contributed by atoms with Crippen molar-refractivity contribution in [1.29, 1.82) is 10.5 Å². The maximum absolute atomic E-state index is 9.30. The second kappa shape index (κ2) is 8.54. The molecule has 34 heavy (non-hydrogen) atoms. The fourth-order valence-electron chi connectivity index (χ4n) is 5.03. The van der Waals surface area contributed by atoms with Gasteiger partial charge >= 0.3 is 0 Å². The van der Waals surface area contributed by atoms with Gasteiger partial charge in [0.05, 0.1) is 11.0 Å². The van der Waals surface area contributed by atoms with Crippen molar-refractivity contribution in [2.24, 2.45) is 5.41 Å². The number of hydrogen-bond acceptors (Lipinski definition) is 2. The number of hydrogen-bond donors (Lipinski definition) is 0. The predicted molar refractivity (Wildman–Crippen MR) is 139 cm³/mol. The molecule has 5 rings (SSSR count). The van der Waals surface area contributed by atoms with Crippen molar-refractivity contribution < 1.29 is 0 Å². The Balaban J connectivity index is 1.49. The molecule has 0 bridgehead atoms. The zero-order valence-corrected chi connectivity index (χ0v) is 19.4. The van der Waals surface area contributed by atoms with Crippen molar-refractivity contribution in [3.63, 3.8) is 0 Å². The molecule has 0 unspecified atom stereocenters. The summed E-state index contributed by atoms with van der Waals surface area (Å²) in [7, 11) is 0. The van der Waals surface area contributed by atoms with Crippen molar-refractivity contribution in [2.45, 2.75) is 26.7 Å². The predicted octanol–water partition coefficient (Wildman–Crippen LogP) is 7.89. The third kappa shape index (κ3) is 3.94. The molecule has 0 atom stereocenters. The van der Waals surface area contributed by atoms with E-state index in [4.69, 9.17) is 0 Å². The van der Waals surface area contributed by atoms with Crippen LogP contribution in [0.3, 0.4) is 0 Å². The van der Waals surface area contributed by atoms with Crippen LogP contribution in [0.2, 0.25) is 0 Å². The smallest absolute Gasteiger partial charge is 0.132 e. The summed E-state index contributed by atoms with van der Waals surface area (Å²) in [5, 5.41) is 21.1. The Morgan fingerprint density at radius 2 is 1.38 bits per heavy atom. The quantitative estimate of drug-likeness (QED) is 0.305. The highest BCUT2D eigenvalue weighted by atomic mass is 15.0. The molecule has 1 aliphatic rings. The van der Waals surface area contributed by atoms with Crippen LogP contribution >= 0.6 is 0 Å². The number of fused-ring (bicyclic) bond motifs is 3. The largest absolute Gasteiger partial charge is 0.309 e. The van der Waals surface area contributed by atoms with E-state index in [9.17, 15) is 10.5 Å². The number of rotatable bonds is 3. The summed E-state index contributed by atoms with van der Waals surface area (Å²) in [6.07, 6.45) is 7.89. The Labute approximate surface area is 200 Å². The molecule has 3 heteroatoms. The van der Waals surface area contributed by atoms with Crippen molar-refractivity contribution in [3.05, 3.63) is 107 Å². The van der Waals surface area contributed by atoms with Crippen LogP contribution in [0.1, 0.15) is 32.3 Å². The molecule has 0 radical (unpaired) electrons. The summed E-state index contributed by atoms with van der Waals surface area (Å²) < 4.78 is 2.31. The van der Waals surface area contributed by atoms with Crippen molar-refractivity contribution in [1.82, 2.24) is 4.57 Å². The summed E-state index contributed by atoms with van der Waals surface area (Å²) in [6, 6.07) is 29.7. The standard InChI is InChI=1S/C31H25N3/c1-31(2)18-23(17-24(19-31)25(20-32)21-33)12-11-22-13-15-26(16-14-22)34-29-9-5-3-7-27(29)28-8-4-6-10-30(28)34/h3-17H,18-19H2,1-2H3/b12-11+. The molecular weight excluding hydrogens is 414 g/mol. The highest BCUT2D eigenvalue weighted by molar-refractivity contribution is 6.09. The van der Waals surface area contributed by atoms with Gasteiger partial charge in [0.2, 0.25) is 0 Å². The first-order valence-electron chi connectivity index (χ1n) is 11.5. The van der Waals surface area contributed by atoms with E-state index in [1.165, 1.54) is 21.8 Å². The topological polar surface area (TPSA) is 52.5 Å². The zero-order valence-electron chi connectivity index (χ0n) is 19.4. The number of allylic oxidation sites excluding steroid dienone is 5. The van der Waals surface area contributed by atoms with E-state index < -0.39 is 0 Å². The maximum atomic E-state index is 9.30. The number of nitriles is 2. The van der Waals surface area contributed by atoms with Gasteiger partial charge in [0.25, 0.3) is 0 Å². The normalized spacial score (nSPS) is 15.3. The number of para-hydroxylation sites is 2. The molecule has 0 fully saturated rings. The SMILES string of the molecule is CC1(C)CC(/C=C/c2ccc(-n3c4ccccc4c4ccccc43)cc2)=CC(=C(C#N)C#N)C1. The van der Waals surface area contributed by atoms with Crippen LogP contribution in [-0.4, -0.2) is 4.57 Å². The molecule has 0 amide bonds. The van der Waals surface area contributed by atoms with Crippen molar-refractivity contribution >= 4 is 27.9 Å². The van der Waals surface area contributed by atoms with Crippen LogP contribution < -0.4 is 0 Å². The lowest BCUT2D eigenvalue weighted by Crippen LogP contribution is -2.17. The van der Waals surface area contributed by atoms with Crippen LogP contribution in [0.15, 0.2) is 102 Å². The molecule has 0 spiro atoms. The summed E-state index contributed by atoms with van der Waals surface area (Å²) in [6.45, 7) is 4.36. The van der Waals surface area contributed by atoms with Crippen LogP contribution in [0, 0.1) is 28.1 Å². The maximum Gasteiger partial charge on any atom is 0.132 e. The molecule has 164 valence electrons. The average molecular weight is 440 g/mol. The third-order valence-electron chi connectivity index (χ3n) is 6.48. The van der Waals surface area contributed by atoms with E-state index in [2.05, 4.69) is 103 Å². The Morgan fingerprint density at radius 1 is 0.794 bits per heavy atom. The highest BCUT2D eigenvalue weighted by Crippen LogP contribution is 2.39. The highest BCUT2D eigenvalue weighted by Gasteiger charge is 2.26. The van der Waals surface area contributed by atoms with Crippen LogP contribution in [0.25, 0.3) is 33.6 Å². The van der Waals surface area contributed by atoms with Gasteiger partial charge in [-0.2, -0.15) is 10.5 Å². The molecule has 0 N–H and O–H groups in total. The summed E-state index contributed by atoms with van der Waals surface area (Å²) in [5.41, 5.74) is 6.85. The van der Waals surface area contributed by atoms with E-state index in [0.717, 1.165) is 35.2 Å². The van der Waals surface area contributed by atoms with Gasteiger partial charge in [-0.05, 0) is 59.2 Å². The number of aromatic nitrogens is 1. The van der Waals surface area contributed by atoms with Gasteiger partial charge in [-0.25, -0.2) is 0 Å². The minimum atomic E-state index is 0.0170. The van der Waals surface area contributed by atoms with E-state index in [0.29, 0.717) is 0 Å². The molecule has 0 aliphatic heterocycles. The first kappa shape index (κ1) is 21.5. The van der Waals surface area contributed by atoms with Crippen LogP contribution in [0.5, 0.6) is 0 Å². The van der Waals surface area contributed by atoms with E-state index in [1.807, 2.05) is 18.2 Å². The lowest BCUT2D eigenvalue weighted by Gasteiger charge is -2.30. The molecule has 1 aliphatic carbocycles. The molecular formula is C31H25N3. The molecule has 0 saturated carbocycles. The molecule has 1 heterocycles. The zero-order chi connectivity index (χ0) is 23.7. The first-order valence-corrected chi connectivity index (χ1v) is 11.5. The Bertz CT molecular complexity index is 1510. The second-order valence-electron chi connectivity index (χ2n) is 9.66. The van der Waals surface area contributed by atoms with Gasteiger partial charge in [0.15, 0.2) is 0 Å². The van der Waals surface area contributed by atoms with Crippen molar-refractivity contribution in [3.8, 4) is 17.8 Å². The second-order valence-corrected chi connectivity index (χ2v) is 9.66. The lowest BCUT2D eigenvalue weighted by atomic mass is 9.74. The fraction of sp³-hybridized carbons (Fsp3) is 0.161. The number of benzene rings is 3. The molecule has 4 aromatic rings. The van der Waals surface area contributed by atoms with Crippen LogP contribution in [-0.2, 0) is 0 Å².